The van der Waals surface area contributed by atoms with Crippen molar-refractivity contribution in [1.29, 1.82) is 0 Å². The highest BCUT2D eigenvalue weighted by atomic mass is 16.6. The van der Waals surface area contributed by atoms with Crippen LogP contribution in [0.1, 0.15) is 49.6 Å². The third-order valence-electron chi connectivity index (χ3n) is 11.1. The average Bonchev–Trinajstić information content (AvgIpc) is 3.93. The molecule has 3 aromatic heterocycles. The van der Waals surface area contributed by atoms with E-state index in [4.69, 9.17) is 47.0 Å². The number of nitrogens with one attached hydrogen (secondary N) is 2. The molecule has 0 spiro atoms. The Balaban J connectivity index is 0.596. The first-order valence-corrected chi connectivity index (χ1v) is 23.9. The Labute approximate surface area is 419 Å². The van der Waals surface area contributed by atoms with E-state index in [2.05, 4.69) is 25.7 Å². The highest BCUT2D eigenvalue weighted by Crippen LogP contribution is 2.32. The molecular formula is C50H59N7O16. The van der Waals surface area contributed by atoms with Crippen LogP contribution in [0, 0.1) is 0 Å². The van der Waals surface area contributed by atoms with E-state index in [-0.39, 0.29) is 47.6 Å². The molecule has 4 amide bonds. The second kappa shape index (κ2) is 28.4. The van der Waals surface area contributed by atoms with Gasteiger partial charge in [-0.1, -0.05) is 12.1 Å². The van der Waals surface area contributed by atoms with Crippen molar-refractivity contribution in [2.45, 2.75) is 25.3 Å². The van der Waals surface area contributed by atoms with E-state index in [0.29, 0.717) is 153 Å². The molecule has 1 fully saturated rings. The zero-order valence-corrected chi connectivity index (χ0v) is 40.5. The SMILES string of the molecule is Cn1nc(-c2nc3cc(CC(=O)c4ccc(OCCOCCOCCOCCOCCOCCOCCOCCOCCNc5cccc6c5C(=O)N(C5CCC(=O)NC5=O)C6=O)cn4)ccc3o2)ccc1=O. The van der Waals surface area contributed by atoms with E-state index in [1.54, 1.807) is 61.6 Å². The number of hydrogen-bond donors (Lipinski definition) is 2. The molecule has 5 heterocycles. The summed E-state index contributed by atoms with van der Waals surface area (Å²) < 4.78 is 57.0. The van der Waals surface area contributed by atoms with Gasteiger partial charge < -0.3 is 52.4 Å². The Kier molecular flexibility index (Phi) is 21.0. The van der Waals surface area contributed by atoms with Gasteiger partial charge in [0, 0.05) is 38.2 Å². The van der Waals surface area contributed by atoms with Crippen LogP contribution in [-0.2, 0) is 61.0 Å². The maximum atomic E-state index is 13.2. The molecule has 23 heteroatoms. The van der Waals surface area contributed by atoms with Crippen LogP contribution < -0.4 is 20.9 Å². The lowest BCUT2D eigenvalue weighted by Gasteiger charge is -2.27. The maximum Gasteiger partial charge on any atom is 0.266 e. The van der Waals surface area contributed by atoms with E-state index >= 15 is 0 Å². The summed E-state index contributed by atoms with van der Waals surface area (Å²) >= 11 is 0. The van der Waals surface area contributed by atoms with Crippen molar-refractivity contribution < 1.29 is 71.0 Å². The van der Waals surface area contributed by atoms with Crippen molar-refractivity contribution >= 4 is 46.2 Å². The van der Waals surface area contributed by atoms with Crippen LogP contribution in [0.15, 0.2) is 76.1 Å². The number of amides is 4. The van der Waals surface area contributed by atoms with E-state index in [9.17, 15) is 28.8 Å². The first-order chi connectivity index (χ1) is 35.7. The minimum atomic E-state index is -1.02. The zero-order valence-electron chi connectivity index (χ0n) is 40.5. The predicted octanol–water partition coefficient (Wildman–Crippen LogP) is 2.43. The number of aryl methyl sites for hydroxylation is 1. The van der Waals surface area contributed by atoms with Gasteiger partial charge in [0.15, 0.2) is 11.4 Å². The number of ketones is 1. The molecular weight excluding hydrogens is 955 g/mol. The zero-order chi connectivity index (χ0) is 51.2. The van der Waals surface area contributed by atoms with Gasteiger partial charge in [-0.05, 0) is 54.4 Å². The van der Waals surface area contributed by atoms with Crippen LogP contribution in [0.25, 0.3) is 22.7 Å². The van der Waals surface area contributed by atoms with E-state index in [0.717, 1.165) is 10.5 Å². The number of oxazole rings is 1. The molecule has 23 nitrogen and oxygen atoms in total. The number of Topliss-reactive ketones (excluding diaryl/α,β-unsaturated/α-hetero) is 1. The maximum absolute atomic E-state index is 13.2. The molecule has 0 aliphatic carbocycles. The first kappa shape index (κ1) is 54.0. The van der Waals surface area contributed by atoms with Crippen molar-refractivity contribution in [3.05, 3.63) is 99.6 Å². The van der Waals surface area contributed by atoms with Crippen molar-refractivity contribution in [2.75, 3.05) is 124 Å². The molecule has 1 atom stereocenters. The number of pyridine rings is 1. The van der Waals surface area contributed by atoms with Gasteiger partial charge >= 0.3 is 0 Å². The Morgan fingerprint density at radius 3 is 1.92 bits per heavy atom. The average molecular weight is 1010 g/mol. The van der Waals surface area contributed by atoms with Crippen molar-refractivity contribution in [3.8, 4) is 17.3 Å². The van der Waals surface area contributed by atoms with Gasteiger partial charge in [-0.15, -0.1) is 0 Å². The summed E-state index contributed by atoms with van der Waals surface area (Å²) in [5.41, 5.74) is 3.23. The number of rotatable bonds is 34. The van der Waals surface area contributed by atoms with Gasteiger partial charge in [0.05, 0.1) is 123 Å². The molecule has 0 saturated carbocycles. The largest absolute Gasteiger partial charge is 0.490 e. The number of carbonyl (C=O) groups is 5. The second-order valence-electron chi connectivity index (χ2n) is 16.3. The Bertz CT molecular complexity index is 2690. The summed E-state index contributed by atoms with van der Waals surface area (Å²) in [7, 11) is 1.55. The first-order valence-electron chi connectivity index (χ1n) is 23.9. The fourth-order valence-electron chi connectivity index (χ4n) is 7.50. The summed E-state index contributed by atoms with van der Waals surface area (Å²) in [4.78, 5) is 84.4. The number of hydrogen-bond acceptors (Lipinski definition) is 20. The molecule has 2 aliphatic heterocycles. The molecule has 1 unspecified atom stereocenters. The number of ether oxygens (including phenoxy) is 9. The molecule has 5 aromatic rings. The van der Waals surface area contributed by atoms with Gasteiger partial charge in [-0.2, -0.15) is 5.10 Å². The van der Waals surface area contributed by atoms with Gasteiger partial charge in [-0.3, -0.25) is 39.0 Å². The lowest BCUT2D eigenvalue weighted by molar-refractivity contribution is -0.136. The Morgan fingerprint density at radius 2 is 1.33 bits per heavy atom. The summed E-state index contributed by atoms with van der Waals surface area (Å²) in [6.07, 6.45) is 1.78. The lowest BCUT2D eigenvalue weighted by Crippen LogP contribution is -2.54. The van der Waals surface area contributed by atoms with Gasteiger partial charge in [0.25, 0.3) is 17.4 Å². The quantitative estimate of drug-likeness (QED) is 0.0340. The molecule has 1 saturated heterocycles. The fraction of sp³-hybridized carbons (Fsp3) is 0.460. The molecule has 0 bridgehead atoms. The van der Waals surface area contributed by atoms with Gasteiger partial charge in [0.1, 0.15) is 35.3 Å². The number of piperidine rings is 1. The number of anilines is 1. The lowest BCUT2D eigenvalue weighted by atomic mass is 10.0. The van der Waals surface area contributed by atoms with Crippen molar-refractivity contribution in [1.82, 2.24) is 30.0 Å². The molecule has 2 aliphatic rings. The van der Waals surface area contributed by atoms with Gasteiger partial charge in [0.2, 0.25) is 17.7 Å². The van der Waals surface area contributed by atoms with Gasteiger partial charge in [-0.25, -0.2) is 14.6 Å². The summed E-state index contributed by atoms with van der Waals surface area (Å²) in [6.45, 7) is 7.13. The minimum absolute atomic E-state index is 0.0563. The highest BCUT2D eigenvalue weighted by Gasteiger charge is 2.45. The number of fused-ring (bicyclic) bond motifs is 2. The number of imide groups is 2. The summed E-state index contributed by atoms with van der Waals surface area (Å²) in [6, 6.07) is 15.5. The molecule has 0 radical (unpaired) electrons. The summed E-state index contributed by atoms with van der Waals surface area (Å²) in [5, 5.41) is 9.51. The minimum Gasteiger partial charge on any atom is -0.490 e. The summed E-state index contributed by atoms with van der Waals surface area (Å²) in [5.74, 6) is -1.57. The van der Waals surface area contributed by atoms with Crippen LogP contribution in [-0.4, -0.2) is 179 Å². The molecule has 7 rings (SSSR count). The Hall–Kier alpha value is -6.83. The topological polar surface area (TPSA) is 270 Å². The number of benzene rings is 2. The fourth-order valence-corrected chi connectivity index (χ4v) is 7.50. The standard InChI is InChI=1S/C50H59N7O16/c1-56-45(60)12-8-39(55-56)48-53-40-31-34(5-10-43(40)73-48)32-42(58)37-7-6-35(33-52-37)72-30-29-71-28-27-70-26-25-69-24-23-68-22-21-67-20-19-66-18-17-65-16-15-64-14-13-51-38-4-2-3-36-46(38)50(63)57(49(36)62)41-9-11-44(59)54-47(41)61/h2-8,10,12,31,33,41,51H,9,11,13-30,32H2,1H3,(H,54,59,61). The van der Waals surface area contributed by atoms with E-state index < -0.39 is 29.7 Å². The monoisotopic (exact) mass is 1010 g/mol. The van der Waals surface area contributed by atoms with Crippen LogP contribution in [0.2, 0.25) is 0 Å². The van der Waals surface area contributed by atoms with E-state index in [1.807, 2.05) is 0 Å². The third kappa shape index (κ3) is 16.1. The number of aromatic nitrogens is 4. The third-order valence-corrected chi connectivity index (χ3v) is 11.1. The highest BCUT2D eigenvalue weighted by molar-refractivity contribution is 6.25. The van der Waals surface area contributed by atoms with Crippen molar-refractivity contribution in [2.24, 2.45) is 7.05 Å². The van der Waals surface area contributed by atoms with Crippen LogP contribution >= 0.6 is 0 Å². The van der Waals surface area contributed by atoms with Crippen LogP contribution in [0.3, 0.4) is 0 Å². The molecule has 390 valence electrons. The van der Waals surface area contributed by atoms with Crippen LogP contribution in [0.5, 0.6) is 5.75 Å². The van der Waals surface area contributed by atoms with E-state index in [1.165, 1.54) is 16.9 Å². The molecule has 2 aromatic carbocycles. The van der Waals surface area contributed by atoms with Crippen molar-refractivity contribution in [3.63, 3.8) is 0 Å². The smallest absolute Gasteiger partial charge is 0.266 e. The molecule has 73 heavy (non-hydrogen) atoms. The molecule has 2 N–H and O–H groups in total. The number of carbonyl (C=O) groups excluding carboxylic acids is 5. The predicted molar refractivity (Wildman–Crippen MR) is 258 cm³/mol. The normalized spacial score (nSPS) is 14.5. The van der Waals surface area contributed by atoms with Crippen LogP contribution in [0.4, 0.5) is 5.69 Å². The second-order valence-corrected chi connectivity index (χ2v) is 16.3. The Morgan fingerprint density at radius 1 is 0.712 bits per heavy atom. The number of nitrogens with zero attached hydrogens (tertiary/aromatic N) is 5.